The Morgan fingerprint density at radius 2 is 1.74 bits per heavy atom. The van der Waals surface area contributed by atoms with Crippen molar-refractivity contribution in [1.29, 1.82) is 0 Å². The van der Waals surface area contributed by atoms with Gasteiger partial charge in [-0.15, -0.1) is 0 Å². The molecule has 6 heteroatoms. The fraction of sp³-hybridized carbons (Fsp3) is 0.0476. The summed E-state index contributed by atoms with van der Waals surface area (Å²) in [4.78, 5) is 16.8. The van der Waals surface area contributed by atoms with Crippen molar-refractivity contribution < 1.29 is 13.9 Å². The van der Waals surface area contributed by atoms with Crippen LogP contribution in [0.25, 0.3) is 22.6 Å². The van der Waals surface area contributed by atoms with Crippen molar-refractivity contribution in [1.82, 2.24) is 4.98 Å². The first kappa shape index (κ1) is 16.7. The molecule has 1 heterocycles. The molecule has 0 radical (unpaired) electrons. The molecule has 0 bridgehead atoms. The first-order valence-corrected chi connectivity index (χ1v) is 8.40. The van der Waals surface area contributed by atoms with Gasteiger partial charge in [0.1, 0.15) is 11.3 Å². The van der Waals surface area contributed by atoms with E-state index in [9.17, 15) is 4.79 Å². The molecule has 0 atom stereocenters. The first-order chi connectivity index (χ1) is 13.2. The number of methoxy groups -OCH3 is 1. The summed E-state index contributed by atoms with van der Waals surface area (Å²) in [5, 5.41) is 5.59. The van der Waals surface area contributed by atoms with E-state index in [0.717, 1.165) is 11.1 Å². The van der Waals surface area contributed by atoms with Crippen molar-refractivity contribution in [2.24, 2.45) is 0 Å². The van der Waals surface area contributed by atoms with E-state index in [1.165, 1.54) is 0 Å². The van der Waals surface area contributed by atoms with Gasteiger partial charge in [0.05, 0.1) is 12.8 Å². The molecule has 0 aliphatic carbocycles. The highest BCUT2D eigenvalue weighted by atomic mass is 16.5. The standard InChI is InChI=1S/C21H17N3O3/c1-26-18-12-11-14(20-23-16-9-5-6-10-19(16)27-20)13-17(18)24-21(25)22-15-7-3-2-4-8-15/h2-13H,1H3,(H2,22,24,25). The van der Waals surface area contributed by atoms with E-state index < -0.39 is 0 Å². The minimum absolute atomic E-state index is 0.366. The maximum Gasteiger partial charge on any atom is 0.323 e. The average Bonchev–Trinajstić information content (AvgIpc) is 3.13. The van der Waals surface area contributed by atoms with Crippen molar-refractivity contribution in [3.8, 4) is 17.2 Å². The Labute approximate surface area is 155 Å². The van der Waals surface area contributed by atoms with Crippen molar-refractivity contribution in [3.63, 3.8) is 0 Å². The van der Waals surface area contributed by atoms with Crippen LogP contribution in [0, 0.1) is 0 Å². The second-order valence-electron chi connectivity index (χ2n) is 5.85. The lowest BCUT2D eigenvalue weighted by Crippen LogP contribution is -2.19. The van der Waals surface area contributed by atoms with Gasteiger partial charge in [-0.25, -0.2) is 9.78 Å². The van der Waals surface area contributed by atoms with Gasteiger partial charge >= 0.3 is 6.03 Å². The summed E-state index contributed by atoms with van der Waals surface area (Å²) in [5.41, 5.74) is 3.44. The summed E-state index contributed by atoms with van der Waals surface area (Å²) >= 11 is 0. The number of carbonyl (C=O) groups is 1. The fourth-order valence-corrected chi connectivity index (χ4v) is 2.74. The van der Waals surface area contributed by atoms with Gasteiger partial charge in [0.15, 0.2) is 5.58 Å². The molecule has 0 fully saturated rings. The third-order valence-electron chi connectivity index (χ3n) is 4.02. The average molecular weight is 359 g/mol. The topological polar surface area (TPSA) is 76.4 Å². The number of hydrogen-bond donors (Lipinski definition) is 2. The van der Waals surface area contributed by atoms with E-state index >= 15 is 0 Å². The quantitative estimate of drug-likeness (QED) is 0.528. The Hall–Kier alpha value is -3.80. The Kier molecular flexibility index (Phi) is 4.45. The fourth-order valence-electron chi connectivity index (χ4n) is 2.74. The van der Waals surface area contributed by atoms with E-state index in [4.69, 9.17) is 9.15 Å². The summed E-state index contributed by atoms with van der Waals surface area (Å²) in [5.74, 6) is 1.02. The second kappa shape index (κ2) is 7.21. The molecule has 1 aromatic heterocycles. The van der Waals surface area contributed by atoms with Crippen LogP contribution >= 0.6 is 0 Å². The normalized spacial score (nSPS) is 10.6. The van der Waals surface area contributed by atoms with Crippen molar-refractivity contribution >= 4 is 28.5 Å². The van der Waals surface area contributed by atoms with Crippen molar-refractivity contribution in [2.75, 3.05) is 17.7 Å². The molecule has 0 unspecified atom stereocenters. The summed E-state index contributed by atoms with van der Waals surface area (Å²) < 4.78 is 11.2. The molecule has 27 heavy (non-hydrogen) atoms. The van der Waals surface area contributed by atoms with Crippen LogP contribution in [0.5, 0.6) is 5.75 Å². The van der Waals surface area contributed by atoms with Crippen LogP contribution < -0.4 is 15.4 Å². The van der Waals surface area contributed by atoms with E-state index in [1.807, 2.05) is 60.7 Å². The number of carbonyl (C=O) groups excluding carboxylic acids is 1. The van der Waals surface area contributed by atoms with Crippen LogP contribution in [0.3, 0.4) is 0 Å². The highest BCUT2D eigenvalue weighted by molar-refractivity contribution is 6.01. The monoisotopic (exact) mass is 359 g/mol. The minimum atomic E-state index is -0.366. The number of para-hydroxylation sites is 3. The van der Waals surface area contributed by atoms with Gasteiger partial charge in [0, 0.05) is 11.3 Å². The van der Waals surface area contributed by atoms with Crippen LogP contribution in [0.4, 0.5) is 16.2 Å². The number of anilines is 2. The largest absolute Gasteiger partial charge is 0.495 e. The van der Waals surface area contributed by atoms with E-state index in [2.05, 4.69) is 15.6 Å². The molecule has 4 rings (SSSR count). The lowest BCUT2D eigenvalue weighted by molar-refractivity contribution is 0.262. The number of aromatic nitrogens is 1. The Morgan fingerprint density at radius 3 is 2.52 bits per heavy atom. The predicted molar refractivity (Wildman–Crippen MR) is 105 cm³/mol. The van der Waals surface area contributed by atoms with Gasteiger partial charge in [-0.2, -0.15) is 0 Å². The van der Waals surface area contributed by atoms with Gasteiger partial charge in [0.2, 0.25) is 5.89 Å². The molecule has 0 aliphatic heterocycles. The Bertz CT molecular complexity index is 1060. The first-order valence-electron chi connectivity index (χ1n) is 8.40. The third kappa shape index (κ3) is 3.59. The van der Waals surface area contributed by atoms with Crippen LogP contribution in [0.1, 0.15) is 0 Å². The molecule has 134 valence electrons. The Morgan fingerprint density at radius 1 is 0.963 bits per heavy atom. The predicted octanol–water partition coefficient (Wildman–Crippen LogP) is 5.15. The number of urea groups is 1. The number of amides is 2. The summed E-state index contributed by atoms with van der Waals surface area (Å²) in [6.45, 7) is 0. The second-order valence-corrected chi connectivity index (χ2v) is 5.85. The number of oxazole rings is 1. The molecular formula is C21H17N3O3. The number of ether oxygens (including phenoxy) is 1. The molecule has 0 saturated heterocycles. The van der Waals surface area contributed by atoms with Crippen LogP contribution in [0.15, 0.2) is 77.2 Å². The van der Waals surface area contributed by atoms with E-state index in [1.54, 1.807) is 19.2 Å². The van der Waals surface area contributed by atoms with Gasteiger partial charge in [0.25, 0.3) is 0 Å². The van der Waals surface area contributed by atoms with Gasteiger partial charge in [-0.3, -0.25) is 0 Å². The summed E-state index contributed by atoms with van der Waals surface area (Å²) in [7, 11) is 1.55. The SMILES string of the molecule is COc1ccc(-c2nc3ccccc3o2)cc1NC(=O)Nc1ccccc1. The number of rotatable bonds is 4. The zero-order valence-corrected chi connectivity index (χ0v) is 14.6. The molecular weight excluding hydrogens is 342 g/mol. The molecule has 2 amide bonds. The van der Waals surface area contributed by atoms with E-state index in [0.29, 0.717) is 28.6 Å². The number of nitrogens with one attached hydrogen (secondary N) is 2. The zero-order valence-electron chi connectivity index (χ0n) is 14.6. The van der Waals surface area contributed by atoms with Crippen molar-refractivity contribution in [2.45, 2.75) is 0 Å². The maximum absolute atomic E-state index is 12.3. The number of hydrogen-bond acceptors (Lipinski definition) is 4. The lowest BCUT2D eigenvalue weighted by atomic mass is 10.2. The smallest absolute Gasteiger partial charge is 0.323 e. The van der Waals surface area contributed by atoms with Gasteiger partial charge in [-0.1, -0.05) is 30.3 Å². The van der Waals surface area contributed by atoms with Gasteiger partial charge in [-0.05, 0) is 42.5 Å². The minimum Gasteiger partial charge on any atom is -0.495 e. The Balaban J connectivity index is 1.61. The number of nitrogens with zero attached hydrogens (tertiary/aromatic N) is 1. The molecule has 4 aromatic rings. The van der Waals surface area contributed by atoms with Crippen LogP contribution in [0.2, 0.25) is 0 Å². The number of fused-ring (bicyclic) bond motifs is 1. The highest BCUT2D eigenvalue weighted by Gasteiger charge is 2.13. The molecule has 3 aromatic carbocycles. The lowest BCUT2D eigenvalue weighted by Gasteiger charge is -2.12. The molecule has 2 N–H and O–H groups in total. The third-order valence-corrected chi connectivity index (χ3v) is 4.02. The summed E-state index contributed by atoms with van der Waals surface area (Å²) in [6.07, 6.45) is 0. The van der Waals surface area contributed by atoms with Crippen molar-refractivity contribution in [3.05, 3.63) is 72.8 Å². The zero-order chi connectivity index (χ0) is 18.6. The molecule has 0 spiro atoms. The van der Waals surface area contributed by atoms with Crippen LogP contribution in [-0.4, -0.2) is 18.1 Å². The molecule has 0 saturated carbocycles. The molecule has 6 nitrogen and oxygen atoms in total. The van der Waals surface area contributed by atoms with Crippen LogP contribution in [-0.2, 0) is 0 Å². The maximum atomic E-state index is 12.3. The highest BCUT2D eigenvalue weighted by Crippen LogP contribution is 2.32. The van der Waals surface area contributed by atoms with E-state index in [-0.39, 0.29) is 6.03 Å². The molecule has 0 aliphatic rings. The summed E-state index contributed by atoms with van der Waals surface area (Å²) in [6, 6.07) is 21.8. The number of benzene rings is 3. The van der Waals surface area contributed by atoms with Gasteiger partial charge < -0.3 is 19.8 Å².